The van der Waals surface area contributed by atoms with Gasteiger partial charge in [0, 0.05) is 32.0 Å². The molecule has 1 fully saturated rings. The van der Waals surface area contributed by atoms with E-state index in [0.717, 1.165) is 56.1 Å². The monoisotopic (exact) mass is 352 g/mol. The van der Waals surface area contributed by atoms with Gasteiger partial charge >= 0.3 is 0 Å². The third-order valence-corrected chi connectivity index (χ3v) is 5.98. The number of aromatic nitrogens is 3. The summed E-state index contributed by atoms with van der Waals surface area (Å²) >= 11 is 0. The topological polar surface area (TPSA) is 51.0 Å². The molecule has 2 aliphatic heterocycles. The van der Waals surface area contributed by atoms with Crippen molar-refractivity contribution in [3.63, 3.8) is 0 Å². The summed E-state index contributed by atoms with van der Waals surface area (Å²) in [5.74, 6) is 2.93. The van der Waals surface area contributed by atoms with Crippen LogP contribution in [0.3, 0.4) is 0 Å². The average Bonchev–Trinajstić information content (AvgIpc) is 2.96. The van der Waals surface area contributed by atoms with Crippen LogP contribution in [0.5, 0.6) is 0 Å². The molecule has 0 aliphatic carbocycles. The summed E-state index contributed by atoms with van der Waals surface area (Å²) in [5.41, 5.74) is 1.10. The van der Waals surface area contributed by atoms with Gasteiger partial charge in [-0.05, 0) is 38.2 Å². The van der Waals surface area contributed by atoms with Gasteiger partial charge in [-0.1, -0.05) is 36.8 Å². The van der Waals surface area contributed by atoms with Crippen molar-refractivity contribution in [2.75, 3.05) is 13.1 Å². The minimum atomic E-state index is -0.0721. The van der Waals surface area contributed by atoms with Gasteiger partial charge in [0.2, 0.25) is 5.91 Å². The standard InChI is InChI=1S/C21H28N4O/c1-16(17-8-4-2-5-9-17)21(26)24-14-11-18(12-15-24)20-23-22-19-10-6-3-7-13-25(19)20/h2,4-5,8-9,16,18H,3,6-7,10-15H2,1H3/t16-/m0/s1. The van der Waals surface area contributed by atoms with Gasteiger partial charge in [-0.2, -0.15) is 0 Å². The Morgan fingerprint density at radius 2 is 1.81 bits per heavy atom. The molecule has 0 bridgehead atoms. The Morgan fingerprint density at radius 1 is 1.04 bits per heavy atom. The van der Waals surface area contributed by atoms with Crippen LogP contribution < -0.4 is 0 Å². The van der Waals surface area contributed by atoms with Gasteiger partial charge in [0.25, 0.3) is 0 Å². The zero-order chi connectivity index (χ0) is 17.9. The van der Waals surface area contributed by atoms with Crippen molar-refractivity contribution in [3.05, 3.63) is 47.5 Å². The lowest BCUT2D eigenvalue weighted by molar-refractivity contribution is -0.133. The van der Waals surface area contributed by atoms with Gasteiger partial charge < -0.3 is 9.47 Å². The van der Waals surface area contributed by atoms with Gasteiger partial charge in [0.05, 0.1) is 5.92 Å². The van der Waals surface area contributed by atoms with Crippen molar-refractivity contribution in [2.45, 2.75) is 63.8 Å². The first-order chi connectivity index (χ1) is 12.7. The Kier molecular flexibility index (Phi) is 5.05. The highest BCUT2D eigenvalue weighted by molar-refractivity contribution is 5.83. The van der Waals surface area contributed by atoms with E-state index in [9.17, 15) is 4.79 Å². The zero-order valence-corrected chi connectivity index (χ0v) is 15.6. The van der Waals surface area contributed by atoms with E-state index < -0.39 is 0 Å². The Bertz CT molecular complexity index is 747. The van der Waals surface area contributed by atoms with Crippen LogP contribution in [0.2, 0.25) is 0 Å². The molecule has 1 amide bonds. The predicted octanol–water partition coefficient (Wildman–Crippen LogP) is 3.51. The van der Waals surface area contributed by atoms with Crippen molar-refractivity contribution in [3.8, 4) is 0 Å². The molecule has 0 N–H and O–H groups in total. The lowest BCUT2D eigenvalue weighted by Crippen LogP contribution is -2.40. The molecule has 1 saturated heterocycles. The number of hydrogen-bond donors (Lipinski definition) is 0. The molecular weight excluding hydrogens is 324 g/mol. The maximum Gasteiger partial charge on any atom is 0.229 e. The van der Waals surface area contributed by atoms with Crippen LogP contribution in [0.1, 0.15) is 68.1 Å². The molecule has 0 saturated carbocycles. The molecule has 26 heavy (non-hydrogen) atoms. The first-order valence-electron chi connectivity index (χ1n) is 9.99. The molecule has 138 valence electrons. The van der Waals surface area contributed by atoms with Crippen LogP contribution in [-0.4, -0.2) is 38.7 Å². The van der Waals surface area contributed by atoms with E-state index in [2.05, 4.69) is 14.8 Å². The van der Waals surface area contributed by atoms with Crippen LogP contribution in [0.25, 0.3) is 0 Å². The van der Waals surface area contributed by atoms with Crippen LogP contribution >= 0.6 is 0 Å². The number of aryl methyl sites for hydroxylation is 1. The van der Waals surface area contributed by atoms with Gasteiger partial charge in [-0.15, -0.1) is 10.2 Å². The summed E-state index contributed by atoms with van der Waals surface area (Å²) in [6.45, 7) is 4.72. The smallest absolute Gasteiger partial charge is 0.229 e. The summed E-state index contributed by atoms with van der Waals surface area (Å²) in [6.07, 6.45) is 6.77. The van der Waals surface area contributed by atoms with Crippen molar-refractivity contribution in [1.29, 1.82) is 0 Å². The molecule has 1 aromatic heterocycles. The third-order valence-electron chi connectivity index (χ3n) is 5.98. The second-order valence-corrected chi connectivity index (χ2v) is 7.67. The highest BCUT2D eigenvalue weighted by Crippen LogP contribution is 2.30. The summed E-state index contributed by atoms with van der Waals surface area (Å²) in [5, 5.41) is 8.97. The maximum absolute atomic E-state index is 12.9. The molecule has 1 aromatic carbocycles. The molecule has 2 aliphatic rings. The normalized spacial score (nSPS) is 19.7. The van der Waals surface area contributed by atoms with Crippen molar-refractivity contribution >= 4 is 5.91 Å². The number of nitrogens with zero attached hydrogens (tertiary/aromatic N) is 4. The molecular formula is C21H28N4O. The fraction of sp³-hybridized carbons (Fsp3) is 0.571. The van der Waals surface area contributed by atoms with Crippen LogP contribution in [0.15, 0.2) is 30.3 Å². The number of hydrogen-bond acceptors (Lipinski definition) is 3. The lowest BCUT2D eigenvalue weighted by Gasteiger charge is -2.33. The number of rotatable bonds is 3. The molecule has 5 heteroatoms. The fourth-order valence-electron chi connectivity index (χ4n) is 4.33. The number of piperidine rings is 1. The summed E-state index contributed by atoms with van der Waals surface area (Å²) in [4.78, 5) is 14.9. The number of carbonyl (C=O) groups excluding carboxylic acids is 1. The van der Waals surface area contributed by atoms with E-state index in [4.69, 9.17) is 0 Å². The minimum Gasteiger partial charge on any atom is -0.342 e. The Labute approximate surface area is 155 Å². The van der Waals surface area contributed by atoms with Gasteiger partial charge in [-0.3, -0.25) is 4.79 Å². The van der Waals surface area contributed by atoms with Crippen molar-refractivity contribution in [2.24, 2.45) is 0 Å². The highest BCUT2D eigenvalue weighted by atomic mass is 16.2. The number of likely N-dealkylation sites (tertiary alicyclic amines) is 1. The number of amides is 1. The van der Waals surface area contributed by atoms with E-state index in [-0.39, 0.29) is 11.8 Å². The molecule has 0 unspecified atom stereocenters. The lowest BCUT2D eigenvalue weighted by atomic mass is 9.93. The van der Waals surface area contributed by atoms with E-state index >= 15 is 0 Å². The highest BCUT2D eigenvalue weighted by Gasteiger charge is 2.30. The van der Waals surface area contributed by atoms with Gasteiger partial charge in [0.1, 0.15) is 11.6 Å². The van der Waals surface area contributed by atoms with E-state index in [1.165, 1.54) is 19.3 Å². The molecule has 2 aromatic rings. The van der Waals surface area contributed by atoms with Crippen molar-refractivity contribution in [1.82, 2.24) is 19.7 Å². The zero-order valence-electron chi connectivity index (χ0n) is 15.6. The second-order valence-electron chi connectivity index (χ2n) is 7.67. The molecule has 5 nitrogen and oxygen atoms in total. The summed E-state index contributed by atoms with van der Waals surface area (Å²) < 4.78 is 2.36. The molecule has 0 spiro atoms. The molecule has 3 heterocycles. The van der Waals surface area contributed by atoms with E-state index in [0.29, 0.717) is 5.92 Å². The van der Waals surface area contributed by atoms with Crippen molar-refractivity contribution < 1.29 is 4.79 Å². The fourth-order valence-corrected chi connectivity index (χ4v) is 4.33. The first kappa shape index (κ1) is 17.3. The quantitative estimate of drug-likeness (QED) is 0.849. The van der Waals surface area contributed by atoms with Crippen LogP contribution in [0.4, 0.5) is 0 Å². The van der Waals surface area contributed by atoms with Crippen LogP contribution in [0, 0.1) is 0 Å². The van der Waals surface area contributed by atoms with E-state index in [1.54, 1.807) is 0 Å². The Morgan fingerprint density at radius 3 is 2.58 bits per heavy atom. The van der Waals surface area contributed by atoms with Gasteiger partial charge in [-0.25, -0.2) is 0 Å². The largest absolute Gasteiger partial charge is 0.342 e. The maximum atomic E-state index is 12.9. The predicted molar refractivity (Wildman–Crippen MR) is 101 cm³/mol. The SMILES string of the molecule is C[C@H](C(=O)N1CCC(c2nnc3n2CCCCC3)CC1)c1ccccc1. The van der Waals surface area contributed by atoms with Crippen LogP contribution in [-0.2, 0) is 17.8 Å². The summed E-state index contributed by atoms with van der Waals surface area (Å²) in [7, 11) is 0. The minimum absolute atomic E-state index is 0.0721. The number of carbonyl (C=O) groups is 1. The Hall–Kier alpha value is -2.17. The third kappa shape index (κ3) is 3.39. The molecule has 4 rings (SSSR count). The van der Waals surface area contributed by atoms with Gasteiger partial charge in [0.15, 0.2) is 0 Å². The molecule has 1 atom stereocenters. The number of fused-ring (bicyclic) bond motifs is 1. The number of benzene rings is 1. The first-order valence-corrected chi connectivity index (χ1v) is 9.99. The second kappa shape index (κ2) is 7.60. The Balaban J connectivity index is 1.40. The van der Waals surface area contributed by atoms with E-state index in [1.807, 2.05) is 42.2 Å². The average molecular weight is 352 g/mol. The summed E-state index contributed by atoms with van der Waals surface area (Å²) in [6, 6.07) is 10.1. The molecule has 0 radical (unpaired) electrons.